The Bertz CT molecular complexity index is 339. The molecular formula is C11H14BrCl2N. The Hall–Kier alpha value is 0.240. The highest BCUT2D eigenvalue weighted by Gasteiger charge is 2.25. The van der Waals surface area contributed by atoms with E-state index in [2.05, 4.69) is 15.9 Å². The van der Waals surface area contributed by atoms with Crippen molar-refractivity contribution in [1.82, 2.24) is 0 Å². The molecule has 2 N–H and O–H groups in total. The van der Waals surface area contributed by atoms with Crippen molar-refractivity contribution in [2.75, 3.05) is 0 Å². The maximum atomic E-state index is 6.11. The SMILES string of the molecule is Cl.N[C@@H](CC1CC1)c1ccc(Cl)cc1Br. The molecule has 0 bridgehead atoms. The fourth-order valence-corrected chi connectivity index (χ4v) is 2.62. The van der Waals surface area contributed by atoms with Gasteiger partial charge in [0.25, 0.3) is 0 Å². The van der Waals surface area contributed by atoms with Crippen LogP contribution in [-0.2, 0) is 0 Å². The highest BCUT2D eigenvalue weighted by atomic mass is 79.9. The molecule has 1 aromatic rings. The van der Waals surface area contributed by atoms with Gasteiger partial charge >= 0.3 is 0 Å². The first-order chi connectivity index (χ1) is 6.66. The molecule has 15 heavy (non-hydrogen) atoms. The maximum Gasteiger partial charge on any atom is 0.0417 e. The third kappa shape index (κ3) is 3.63. The lowest BCUT2D eigenvalue weighted by Gasteiger charge is -2.13. The number of benzene rings is 1. The van der Waals surface area contributed by atoms with Crippen LogP contribution in [0.2, 0.25) is 5.02 Å². The first-order valence-electron chi connectivity index (χ1n) is 4.87. The zero-order valence-corrected chi connectivity index (χ0v) is 11.4. The Morgan fingerprint density at radius 3 is 2.67 bits per heavy atom. The molecule has 0 unspecified atom stereocenters. The van der Waals surface area contributed by atoms with E-state index >= 15 is 0 Å². The summed E-state index contributed by atoms with van der Waals surface area (Å²) in [6.07, 6.45) is 3.79. The summed E-state index contributed by atoms with van der Waals surface area (Å²) in [5.41, 5.74) is 7.28. The van der Waals surface area contributed by atoms with E-state index in [0.717, 1.165) is 21.8 Å². The van der Waals surface area contributed by atoms with Crippen molar-refractivity contribution in [1.29, 1.82) is 0 Å². The van der Waals surface area contributed by atoms with Crippen LogP contribution in [0.15, 0.2) is 22.7 Å². The van der Waals surface area contributed by atoms with Crippen LogP contribution >= 0.6 is 39.9 Å². The summed E-state index contributed by atoms with van der Waals surface area (Å²) < 4.78 is 1.03. The van der Waals surface area contributed by atoms with E-state index in [0.29, 0.717) is 0 Å². The van der Waals surface area contributed by atoms with Gasteiger partial charge in [-0.15, -0.1) is 12.4 Å². The van der Waals surface area contributed by atoms with E-state index in [9.17, 15) is 0 Å². The van der Waals surface area contributed by atoms with Gasteiger partial charge < -0.3 is 5.73 Å². The van der Waals surface area contributed by atoms with Gasteiger partial charge in [-0.3, -0.25) is 0 Å². The standard InChI is InChI=1S/C11H13BrClN.ClH/c12-10-6-8(13)3-4-9(10)11(14)5-7-1-2-7;/h3-4,6-7,11H,1-2,5,14H2;1H/t11-;/m0./s1. The lowest BCUT2D eigenvalue weighted by Crippen LogP contribution is -2.11. The van der Waals surface area contributed by atoms with Crippen molar-refractivity contribution < 1.29 is 0 Å². The van der Waals surface area contributed by atoms with E-state index in [-0.39, 0.29) is 18.4 Å². The van der Waals surface area contributed by atoms with Crippen LogP contribution in [0, 0.1) is 5.92 Å². The molecule has 1 saturated carbocycles. The Labute approximate surface area is 110 Å². The van der Waals surface area contributed by atoms with E-state index < -0.39 is 0 Å². The summed E-state index contributed by atoms with van der Waals surface area (Å²) in [4.78, 5) is 0. The fourth-order valence-electron chi connectivity index (χ4n) is 1.64. The lowest BCUT2D eigenvalue weighted by atomic mass is 10.0. The van der Waals surface area contributed by atoms with Gasteiger partial charge in [0, 0.05) is 15.5 Å². The summed E-state index contributed by atoms with van der Waals surface area (Å²) in [6.45, 7) is 0. The van der Waals surface area contributed by atoms with Crippen molar-refractivity contribution in [3.05, 3.63) is 33.3 Å². The third-order valence-electron chi connectivity index (χ3n) is 2.65. The summed E-state index contributed by atoms with van der Waals surface area (Å²) >= 11 is 9.36. The average Bonchev–Trinajstić information content (AvgIpc) is 2.87. The normalized spacial score (nSPS) is 17.0. The van der Waals surface area contributed by atoms with E-state index in [1.54, 1.807) is 0 Å². The summed E-state index contributed by atoms with van der Waals surface area (Å²) in [6, 6.07) is 5.96. The monoisotopic (exact) mass is 309 g/mol. The molecule has 0 amide bonds. The molecule has 0 radical (unpaired) electrons. The first kappa shape index (κ1) is 13.3. The van der Waals surface area contributed by atoms with Gasteiger partial charge in [-0.2, -0.15) is 0 Å². The molecule has 0 aromatic heterocycles. The molecule has 1 atom stereocenters. The first-order valence-corrected chi connectivity index (χ1v) is 6.04. The molecule has 2 rings (SSSR count). The van der Waals surface area contributed by atoms with Crippen LogP contribution in [-0.4, -0.2) is 0 Å². The minimum atomic E-state index is 0. The Kier molecular flexibility index (Phi) is 4.91. The maximum absolute atomic E-state index is 6.11. The highest BCUT2D eigenvalue weighted by molar-refractivity contribution is 9.10. The Morgan fingerprint density at radius 2 is 2.13 bits per heavy atom. The predicted octanol–water partition coefficient (Wildman–Crippen LogP) is 4.32. The summed E-state index contributed by atoms with van der Waals surface area (Å²) in [5.74, 6) is 0.854. The average molecular weight is 311 g/mol. The molecule has 0 saturated heterocycles. The Morgan fingerprint density at radius 1 is 1.47 bits per heavy atom. The van der Waals surface area contributed by atoms with Gasteiger partial charge in [0.15, 0.2) is 0 Å². The molecule has 1 fully saturated rings. The molecule has 0 aliphatic heterocycles. The molecule has 0 heterocycles. The van der Waals surface area contributed by atoms with Gasteiger partial charge in [-0.25, -0.2) is 0 Å². The zero-order chi connectivity index (χ0) is 10.1. The van der Waals surface area contributed by atoms with E-state index in [1.165, 1.54) is 18.4 Å². The second-order valence-corrected chi connectivity index (χ2v) is 5.24. The molecule has 4 heteroatoms. The molecule has 0 spiro atoms. The second kappa shape index (κ2) is 5.53. The van der Waals surface area contributed by atoms with Gasteiger partial charge in [0.1, 0.15) is 0 Å². The highest BCUT2D eigenvalue weighted by Crippen LogP contribution is 2.38. The van der Waals surface area contributed by atoms with Crippen LogP contribution in [0.4, 0.5) is 0 Å². The fraction of sp³-hybridized carbons (Fsp3) is 0.455. The largest absolute Gasteiger partial charge is 0.324 e. The zero-order valence-electron chi connectivity index (χ0n) is 8.25. The van der Waals surface area contributed by atoms with Crippen molar-refractivity contribution in [3.63, 3.8) is 0 Å². The van der Waals surface area contributed by atoms with Crippen LogP contribution in [0.1, 0.15) is 30.9 Å². The minimum Gasteiger partial charge on any atom is -0.324 e. The quantitative estimate of drug-likeness (QED) is 0.884. The molecule has 1 aliphatic carbocycles. The van der Waals surface area contributed by atoms with Crippen LogP contribution in [0.25, 0.3) is 0 Å². The van der Waals surface area contributed by atoms with Crippen LogP contribution < -0.4 is 5.73 Å². The minimum absolute atomic E-state index is 0. The Balaban J connectivity index is 0.00000112. The molecule has 1 aliphatic rings. The predicted molar refractivity (Wildman–Crippen MR) is 70.7 cm³/mol. The number of hydrogen-bond donors (Lipinski definition) is 1. The number of rotatable bonds is 3. The van der Waals surface area contributed by atoms with Gasteiger partial charge in [-0.05, 0) is 30.0 Å². The van der Waals surface area contributed by atoms with Crippen LogP contribution in [0.3, 0.4) is 0 Å². The number of halogens is 3. The van der Waals surface area contributed by atoms with Crippen molar-refractivity contribution in [2.24, 2.45) is 11.7 Å². The second-order valence-electron chi connectivity index (χ2n) is 3.95. The lowest BCUT2D eigenvalue weighted by molar-refractivity contribution is 0.595. The van der Waals surface area contributed by atoms with Gasteiger partial charge in [0.05, 0.1) is 0 Å². The molecular weight excluding hydrogens is 297 g/mol. The van der Waals surface area contributed by atoms with Gasteiger partial charge in [-0.1, -0.05) is 46.4 Å². The molecule has 1 nitrogen and oxygen atoms in total. The number of hydrogen-bond acceptors (Lipinski definition) is 1. The molecule has 1 aromatic carbocycles. The molecule has 84 valence electrons. The van der Waals surface area contributed by atoms with Crippen LogP contribution in [0.5, 0.6) is 0 Å². The van der Waals surface area contributed by atoms with E-state index in [1.807, 2.05) is 18.2 Å². The summed E-state index contributed by atoms with van der Waals surface area (Å²) in [7, 11) is 0. The van der Waals surface area contributed by atoms with Gasteiger partial charge in [0.2, 0.25) is 0 Å². The number of nitrogens with two attached hydrogens (primary N) is 1. The van der Waals surface area contributed by atoms with Crippen molar-refractivity contribution in [3.8, 4) is 0 Å². The smallest absolute Gasteiger partial charge is 0.0417 e. The van der Waals surface area contributed by atoms with Crippen molar-refractivity contribution in [2.45, 2.75) is 25.3 Å². The third-order valence-corrected chi connectivity index (χ3v) is 3.57. The topological polar surface area (TPSA) is 26.0 Å². The van der Waals surface area contributed by atoms with Crippen molar-refractivity contribution >= 4 is 39.9 Å². The van der Waals surface area contributed by atoms with E-state index in [4.69, 9.17) is 17.3 Å². The summed E-state index contributed by atoms with van der Waals surface area (Å²) in [5, 5.41) is 0.749.